The molecule has 0 radical (unpaired) electrons. The fourth-order valence-corrected chi connectivity index (χ4v) is 45.5. The minimum atomic E-state index is -5.07. The first-order valence-electron chi connectivity index (χ1n) is 23.8. The summed E-state index contributed by atoms with van der Waals surface area (Å²) in [6.07, 6.45) is 21.5. The Morgan fingerprint density at radius 1 is 0.550 bits per heavy atom. The fourth-order valence-electron chi connectivity index (χ4n) is 14.2. The van der Waals surface area contributed by atoms with Crippen molar-refractivity contribution in [3.05, 3.63) is 129 Å². The zero-order chi connectivity index (χ0) is 42.1. The summed E-state index contributed by atoms with van der Waals surface area (Å²) in [6.45, 7) is 19.0. The van der Waals surface area contributed by atoms with Crippen molar-refractivity contribution in [2.24, 2.45) is 22.7 Å². The van der Waals surface area contributed by atoms with Crippen molar-refractivity contribution < 1.29 is 15.6 Å². The van der Waals surface area contributed by atoms with Crippen LogP contribution in [0.25, 0.3) is 34.4 Å². The Kier molecular flexibility index (Phi) is 10.2. The fraction of sp³-hybridized carbons (Fsp3) is 0.500. The number of hydrogen-bond donors (Lipinski definition) is 0. The third-order valence-electron chi connectivity index (χ3n) is 17.6. The van der Waals surface area contributed by atoms with E-state index in [1.807, 2.05) is 0 Å². The molecule has 4 saturated carbocycles. The van der Waals surface area contributed by atoms with E-state index in [-0.39, 0.29) is 18.1 Å². The summed E-state index contributed by atoms with van der Waals surface area (Å²) >= 11 is -5.07. The maximum atomic E-state index is 9.25. The molecule has 4 heteroatoms. The Bertz CT molecular complexity index is 2220. The van der Waals surface area contributed by atoms with Crippen LogP contribution in [0.3, 0.4) is 0 Å². The molecule has 10 rings (SSSR count). The summed E-state index contributed by atoms with van der Waals surface area (Å²) < 4.78 is 0.261. The van der Waals surface area contributed by atoms with Gasteiger partial charge in [-0.2, -0.15) is 0 Å². The number of fused-ring (bicyclic) bond motifs is 6. The summed E-state index contributed by atoms with van der Waals surface area (Å²) in [5.74, 6) is 0.0918. The van der Waals surface area contributed by atoms with E-state index in [1.54, 1.807) is 11.1 Å². The molecule has 4 aromatic rings. The van der Waals surface area contributed by atoms with Crippen LogP contribution in [0.15, 0.2) is 96.1 Å². The predicted molar refractivity (Wildman–Crippen MR) is 260 cm³/mol. The normalized spacial score (nSPS) is 28.8. The van der Waals surface area contributed by atoms with Crippen LogP contribution in [-0.2, 0) is 26.4 Å². The molecule has 0 aromatic heterocycles. The van der Waals surface area contributed by atoms with Crippen LogP contribution < -0.4 is 0 Å². The van der Waals surface area contributed by atoms with Gasteiger partial charge in [-0.3, -0.25) is 0 Å². The van der Waals surface area contributed by atoms with Crippen LogP contribution in [0, 0.1) is 22.7 Å². The average molecular weight is 932 g/mol. The van der Waals surface area contributed by atoms with Gasteiger partial charge >= 0.3 is 375 Å². The first-order chi connectivity index (χ1) is 28.4. The quantitative estimate of drug-likeness (QED) is 0.147. The second-order valence-electron chi connectivity index (χ2n) is 23.6. The maximum absolute atomic E-state index is 9.25. The third-order valence-corrected chi connectivity index (χ3v) is 69.4. The van der Waals surface area contributed by atoms with Crippen molar-refractivity contribution in [1.82, 2.24) is 0 Å². The molecule has 4 fully saturated rings. The molecule has 0 nitrogen and oxygen atoms in total. The number of allylic oxidation sites excluding steroid dienone is 2. The molecular weight excluding hydrogens is 863 g/mol. The van der Waals surface area contributed by atoms with Crippen molar-refractivity contribution >= 4 is 35.1 Å². The van der Waals surface area contributed by atoms with Gasteiger partial charge in [0.1, 0.15) is 0 Å². The molecule has 0 N–H and O–H groups in total. The molecule has 2 atom stereocenters. The number of rotatable bonds is 9. The first kappa shape index (κ1) is 42.0. The van der Waals surface area contributed by atoms with Gasteiger partial charge in [0.25, 0.3) is 0 Å². The number of hydrogen-bond acceptors (Lipinski definition) is 0. The molecule has 0 saturated heterocycles. The van der Waals surface area contributed by atoms with Gasteiger partial charge < -0.3 is 0 Å². The first-order valence-corrected chi connectivity index (χ1v) is 40.1. The van der Waals surface area contributed by atoms with Crippen LogP contribution >= 0.6 is 17.0 Å². The topological polar surface area (TPSA) is 0 Å². The Morgan fingerprint density at radius 3 is 1.22 bits per heavy atom. The van der Waals surface area contributed by atoms with E-state index in [0.29, 0.717) is 10.8 Å². The van der Waals surface area contributed by atoms with Gasteiger partial charge in [0.15, 0.2) is 0 Å². The van der Waals surface area contributed by atoms with Crippen LogP contribution in [0.1, 0.15) is 159 Å². The molecule has 6 aliphatic rings. The van der Waals surface area contributed by atoms with Gasteiger partial charge in [-0.15, -0.1) is 0 Å². The Morgan fingerprint density at radius 2 is 0.917 bits per heavy atom. The second-order valence-corrected chi connectivity index (χ2v) is 66.1. The van der Waals surface area contributed by atoms with E-state index in [2.05, 4.69) is 152 Å². The van der Waals surface area contributed by atoms with E-state index in [4.69, 9.17) is 0 Å². The summed E-state index contributed by atoms with van der Waals surface area (Å²) in [6, 6.07) is 33.3. The summed E-state index contributed by atoms with van der Waals surface area (Å²) in [4.78, 5) is 0. The summed E-state index contributed by atoms with van der Waals surface area (Å²) in [5.41, 5.74) is 18.0. The molecule has 0 heterocycles. The van der Waals surface area contributed by atoms with Crippen LogP contribution in [-0.4, -0.2) is 5.92 Å². The average Bonchev–Trinajstić information content (AvgIpc) is 4.07. The molecule has 4 bridgehead atoms. The molecule has 4 aromatic carbocycles. The number of halogens is 2. The molecule has 60 heavy (non-hydrogen) atoms. The van der Waals surface area contributed by atoms with Gasteiger partial charge in [-0.1, -0.05) is 0 Å². The SMILES string of the molecule is C[SiH](C)[Zr]([Cl])([Cl])([CH]1C(CC23CCC(CC2)C3)=Cc2c(-c3ccc(C(C)(C)C)cc3)cccc21)[CH]1C(CC23CCC(CC2)C3)=Cc2c(-c3ccc(C(C)(C)C)cc3)cccc21. The monoisotopic (exact) mass is 929 g/mol. The van der Waals surface area contributed by atoms with E-state index in [9.17, 15) is 17.0 Å². The Hall–Kier alpha value is -1.96. The molecular formula is C56H69Cl2SiZr. The van der Waals surface area contributed by atoms with Crippen molar-refractivity contribution in [3.63, 3.8) is 0 Å². The van der Waals surface area contributed by atoms with Gasteiger partial charge in [-0.25, -0.2) is 0 Å². The van der Waals surface area contributed by atoms with Gasteiger partial charge in [0.2, 0.25) is 0 Å². The molecule has 0 aliphatic heterocycles. The van der Waals surface area contributed by atoms with Crippen molar-refractivity contribution in [2.75, 3.05) is 0 Å². The second kappa shape index (κ2) is 14.5. The van der Waals surface area contributed by atoms with Gasteiger partial charge in [0, 0.05) is 0 Å². The van der Waals surface area contributed by atoms with E-state index in [0.717, 1.165) is 11.8 Å². The van der Waals surface area contributed by atoms with E-state index < -0.39 is 21.5 Å². The third kappa shape index (κ3) is 6.80. The number of benzene rings is 4. The zero-order valence-electron chi connectivity index (χ0n) is 37.9. The van der Waals surface area contributed by atoms with Crippen molar-refractivity contribution in [2.45, 2.75) is 150 Å². The van der Waals surface area contributed by atoms with E-state index in [1.165, 1.54) is 133 Å². The van der Waals surface area contributed by atoms with Crippen LogP contribution in [0.5, 0.6) is 0 Å². The Labute approximate surface area is 371 Å². The minimum absolute atomic E-state index is 0.116. The zero-order valence-corrected chi connectivity index (χ0v) is 43.0. The van der Waals surface area contributed by atoms with E-state index >= 15 is 0 Å². The molecule has 6 aliphatic carbocycles. The predicted octanol–water partition coefficient (Wildman–Crippen LogP) is 17.1. The molecule has 2 unspecified atom stereocenters. The Balaban J connectivity index is 1.16. The molecule has 0 amide bonds. The van der Waals surface area contributed by atoms with Crippen molar-refractivity contribution in [1.29, 1.82) is 0 Å². The standard InChI is InChI=1S/2C27H31.C2H7Si.2ClH.Zr/c2*1-26(2,3)23-9-7-21(8-10-23)24-6-4-5-22-15-20(16-25(22)24)18-27-13-11-19(17-27)12-14-27;1-3-2;;;/h2*4-10,15-16,19H,11-14,17-18H2,1-3H3;3H,1-2H3;2*1H;/q;;;;;+2/p-2. The van der Waals surface area contributed by atoms with Crippen LogP contribution in [0.4, 0.5) is 0 Å². The van der Waals surface area contributed by atoms with Crippen molar-refractivity contribution in [3.8, 4) is 22.3 Å². The molecule has 315 valence electrons. The van der Waals surface area contributed by atoms with Gasteiger partial charge in [0.05, 0.1) is 0 Å². The summed E-state index contributed by atoms with van der Waals surface area (Å²) in [7, 11) is 18.5. The molecule has 0 spiro atoms. The van der Waals surface area contributed by atoms with Gasteiger partial charge in [-0.05, 0) is 0 Å². The summed E-state index contributed by atoms with van der Waals surface area (Å²) in [5, 5.41) is 0. The van der Waals surface area contributed by atoms with Crippen LogP contribution in [0.2, 0.25) is 13.1 Å².